The van der Waals surface area contributed by atoms with Crippen LogP contribution in [-0.4, -0.2) is 19.3 Å². The molecule has 0 bridgehead atoms. The summed E-state index contributed by atoms with van der Waals surface area (Å²) >= 11 is 12.1. The Morgan fingerprint density at radius 1 is 1.14 bits per heavy atom. The third-order valence-electron chi connectivity index (χ3n) is 3.25. The Labute approximate surface area is 131 Å². The van der Waals surface area contributed by atoms with Gasteiger partial charge < -0.3 is 10.3 Å². The van der Waals surface area contributed by atoms with Crippen molar-refractivity contribution in [2.45, 2.75) is 0 Å². The van der Waals surface area contributed by atoms with Crippen molar-refractivity contribution in [3.05, 3.63) is 40.8 Å². The lowest BCUT2D eigenvalue weighted by atomic mass is 10.0. The molecule has 2 aromatic heterocycles. The van der Waals surface area contributed by atoms with Gasteiger partial charge in [-0.05, 0) is 17.7 Å². The Balaban J connectivity index is 2.24. The SMILES string of the molecule is Cn1cnc(-c2nn(C)c(N)c2-c2ccc(Cl)c(Cl)c2)c1. The van der Waals surface area contributed by atoms with Gasteiger partial charge >= 0.3 is 0 Å². The lowest BCUT2D eigenvalue weighted by Crippen LogP contribution is -1.98. The van der Waals surface area contributed by atoms with E-state index in [0.29, 0.717) is 21.6 Å². The third-order valence-corrected chi connectivity index (χ3v) is 3.99. The molecular formula is C14H13Cl2N5. The van der Waals surface area contributed by atoms with E-state index < -0.39 is 0 Å². The first-order valence-electron chi connectivity index (χ1n) is 6.23. The van der Waals surface area contributed by atoms with Gasteiger partial charge in [0.05, 0.1) is 21.9 Å². The number of nitrogen functional groups attached to an aromatic ring is 1. The van der Waals surface area contributed by atoms with Crippen LogP contribution in [0, 0.1) is 0 Å². The van der Waals surface area contributed by atoms with Crippen LogP contribution in [-0.2, 0) is 14.1 Å². The van der Waals surface area contributed by atoms with Gasteiger partial charge in [0.2, 0.25) is 0 Å². The van der Waals surface area contributed by atoms with Crippen LogP contribution in [0.2, 0.25) is 10.0 Å². The number of halogens is 2. The molecule has 0 saturated carbocycles. The smallest absolute Gasteiger partial charge is 0.129 e. The van der Waals surface area contributed by atoms with Crippen molar-refractivity contribution in [2.24, 2.45) is 14.1 Å². The third kappa shape index (κ3) is 2.39. The van der Waals surface area contributed by atoms with Crippen LogP contribution in [0.25, 0.3) is 22.5 Å². The van der Waals surface area contributed by atoms with Crippen molar-refractivity contribution in [3.8, 4) is 22.5 Å². The second kappa shape index (κ2) is 5.09. The second-order valence-electron chi connectivity index (χ2n) is 4.79. The molecule has 0 radical (unpaired) electrons. The summed E-state index contributed by atoms with van der Waals surface area (Å²) in [5.74, 6) is 0.550. The van der Waals surface area contributed by atoms with Gasteiger partial charge in [0.25, 0.3) is 0 Å². The molecule has 0 spiro atoms. The van der Waals surface area contributed by atoms with Crippen molar-refractivity contribution >= 4 is 29.0 Å². The van der Waals surface area contributed by atoms with Crippen LogP contribution >= 0.6 is 23.2 Å². The van der Waals surface area contributed by atoms with Crippen LogP contribution in [0.15, 0.2) is 30.7 Å². The fourth-order valence-corrected chi connectivity index (χ4v) is 2.49. The number of anilines is 1. The van der Waals surface area contributed by atoms with Gasteiger partial charge in [-0.1, -0.05) is 29.3 Å². The Bertz CT molecular complexity index is 819. The lowest BCUT2D eigenvalue weighted by Gasteiger charge is -2.04. The number of hydrogen-bond donors (Lipinski definition) is 1. The number of imidazole rings is 1. The maximum Gasteiger partial charge on any atom is 0.129 e. The molecule has 108 valence electrons. The molecule has 0 aliphatic heterocycles. The average molecular weight is 322 g/mol. The quantitative estimate of drug-likeness (QED) is 0.787. The topological polar surface area (TPSA) is 61.7 Å². The zero-order valence-electron chi connectivity index (χ0n) is 11.5. The largest absolute Gasteiger partial charge is 0.383 e. The lowest BCUT2D eigenvalue weighted by molar-refractivity contribution is 0.781. The first-order chi connectivity index (χ1) is 9.97. The Morgan fingerprint density at radius 3 is 2.52 bits per heavy atom. The highest BCUT2D eigenvalue weighted by Crippen LogP contribution is 2.37. The number of nitrogens with two attached hydrogens (primary N) is 1. The summed E-state index contributed by atoms with van der Waals surface area (Å²) < 4.78 is 3.49. The Hall–Kier alpha value is -1.98. The van der Waals surface area contributed by atoms with Gasteiger partial charge in [-0.15, -0.1) is 0 Å². The molecule has 21 heavy (non-hydrogen) atoms. The molecule has 7 heteroatoms. The molecule has 0 aliphatic rings. The van der Waals surface area contributed by atoms with Crippen molar-refractivity contribution in [1.82, 2.24) is 19.3 Å². The monoisotopic (exact) mass is 321 g/mol. The van der Waals surface area contributed by atoms with Gasteiger partial charge in [0, 0.05) is 20.3 Å². The molecule has 2 N–H and O–H groups in total. The fraction of sp³-hybridized carbons (Fsp3) is 0.143. The van der Waals surface area contributed by atoms with E-state index in [1.807, 2.05) is 23.9 Å². The van der Waals surface area contributed by atoms with Crippen molar-refractivity contribution < 1.29 is 0 Å². The highest BCUT2D eigenvalue weighted by Gasteiger charge is 2.19. The number of aryl methyl sites for hydroxylation is 2. The summed E-state index contributed by atoms with van der Waals surface area (Å²) in [5, 5.41) is 5.44. The molecule has 0 saturated heterocycles. The van der Waals surface area contributed by atoms with Crippen molar-refractivity contribution in [2.75, 3.05) is 5.73 Å². The normalized spacial score (nSPS) is 11.0. The maximum absolute atomic E-state index is 6.16. The second-order valence-corrected chi connectivity index (χ2v) is 5.60. The van der Waals surface area contributed by atoms with Gasteiger partial charge in [-0.2, -0.15) is 5.10 Å². The molecule has 5 nitrogen and oxygen atoms in total. The molecule has 3 rings (SSSR count). The molecule has 0 amide bonds. The van der Waals surface area contributed by atoms with Crippen LogP contribution in [0.4, 0.5) is 5.82 Å². The summed E-state index contributed by atoms with van der Waals surface area (Å²) in [4.78, 5) is 4.34. The molecule has 1 aromatic carbocycles. The molecule has 0 unspecified atom stereocenters. The molecule has 0 atom stereocenters. The van der Waals surface area contributed by atoms with E-state index in [-0.39, 0.29) is 0 Å². The molecule has 2 heterocycles. The minimum atomic E-state index is 0.476. The predicted molar refractivity (Wildman–Crippen MR) is 85.3 cm³/mol. The van der Waals surface area contributed by atoms with Gasteiger partial charge in [0.15, 0.2) is 0 Å². The highest BCUT2D eigenvalue weighted by atomic mass is 35.5. The maximum atomic E-state index is 6.16. The zero-order chi connectivity index (χ0) is 15.1. The van der Waals surface area contributed by atoms with E-state index in [1.165, 1.54) is 0 Å². The van der Waals surface area contributed by atoms with E-state index in [2.05, 4.69) is 10.1 Å². The number of aromatic nitrogens is 4. The van der Waals surface area contributed by atoms with E-state index >= 15 is 0 Å². The minimum absolute atomic E-state index is 0.476. The number of nitrogens with zero attached hydrogens (tertiary/aromatic N) is 4. The fourth-order valence-electron chi connectivity index (χ4n) is 2.19. The standard InChI is InChI=1S/C14H13Cl2N5/c1-20-6-11(18-7-20)13-12(14(17)21(2)19-13)8-3-4-9(15)10(16)5-8/h3-7H,17H2,1-2H3. The van der Waals surface area contributed by atoms with Crippen LogP contribution in [0.3, 0.4) is 0 Å². The summed E-state index contributed by atoms with van der Waals surface area (Å²) in [5.41, 5.74) is 9.29. The average Bonchev–Trinajstić information content (AvgIpc) is 2.99. The summed E-state index contributed by atoms with van der Waals surface area (Å²) in [6.07, 6.45) is 3.61. The molecule has 0 fully saturated rings. The van der Waals surface area contributed by atoms with Gasteiger partial charge in [-0.25, -0.2) is 4.98 Å². The van der Waals surface area contributed by atoms with Crippen LogP contribution in [0.5, 0.6) is 0 Å². The Kier molecular flexibility index (Phi) is 3.39. The molecular weight excluding hydrogens is 309 g/mol. The van der Waals surface area contributed by atoms with E-state index in [4.69, 9.17) is 28.9 Å². The molecule has 3 aromatic rings. The first kappa shape index (κ1) is 14.0. The predicted octanol–water partition coefficient (Wildman–Crippen LogP) is 3.38. The van der Waals surface area contributed by atoms with Crippen molar-refractivity contribution in [1.29, 1.82) is 0 Å². The van der Waals surface area contributed by atoms with E-state index in [9.17, 15) is 0 Å². The number of hydrogen-bond acceptors (Lipinski definition) is 3. The summed E-state index contributed by atoms with van der Waals surface area (Å²) in [6.45, 7) is 0. The first-order valence-corrected chi connectivity index (χ1v) is 6.99. The minimum Gasteiger partial charge on any atom is -0.383 e. The number of benzene rings is 1. The Morgan fingerprint density at radius 2 is 1.90 bits per heavy atom. The van der Waals surface area contributed by atoms with Gasteiger partial charge in [-0.3, -0.25) is 4.68 Å². The van der Waals surface area contributed by atoms with E-state index in [1.54, 1.807) is 30.2 Å². The zero-order valence-corrected chi connectivity index (χ0v) is 13.0. The van der Waals surface area contributed by atoms with Gasteiger partial charge in [0.1, 0.15) is 17.2 Å². The molecule has 0 aliphatic carbocycles. The van der Waals surface area contributed by atoms with Crippen LogP contribution in [0.1, 0.15) is 0 Å². The van der Waals surface area contributed by atoms with Crippen molar-refractivity contribution in [3.63, 3.8) is 0 Å². The summed E-state index contributed by atoms with van der Waals surface area (Å²) in [6, 6.07) is 5.39. The highest BCUT2D eigenvalue weighted by molar-refractivity contribution is 6.42. The number of rotatable bonds is 2. The van der Waals surface area contributed by atoms with E-state index in [0.717, 1.165) is 16.8 Å². The van der Waals surface area contributed by atoms with Crippen LogP contribution < -0.4 is 5.73 Å². The summed E-state index contributed by atoms with van der Waals surface area (Å²) in [7, 11) is 3.70.